The lowest BCUT2D eigenvalue weighted by atomic mass is 10.0. The van der Waals surface area contributed by atoms with E-state index in [9.17, 15) is 9.90 Å². The number of phenols is 1. The highest BCUT2D eigenvalue weighted by Gasteiger charge is 2.32. The van der Waals surface area contributed by atoms with Crippen LogP contribution >= 0.6 is 0 Å². The number of carbonyl (C=O) groups is 1. The number of ether oxygens (including phenoxy) is 2. The lowest BCUT2D eigenvalue weighted by Crippen LogP contribution is -2.30. The molecule has 1 atom stereocenters. The number of benzene rings is 3. The van der Waals surface area contributed by atoms with Gasteiger partial charge in [-0.2, -0.15) is 0 Å². The van der Waals surface area contributed by atoms with E-state index >= 15 is 0 Å². The third kappa shape index (κ3) is 3.27. The highest BCUT2D eigenvalue weighted by atomic mass is 16.5. The number of rotatable bonds is 2. The maximum Gasteiger partial charge on any atom is 0.258 e. The Balaban J connectivity index is 1.47. The molecule has 2 heterocycles. The molecule has 5 nitrogen and oxygen atoms in total. The molecule has 1 saturated heterocycles. The number of nitrogens with zero attached hydrogens (tertiary/aromatic N) is 1. The monoisotopic (exact) mass is 389 g/mol. The van der Waals surface area contributed by atoms with E-state index in [2.05, 4.69) is 0 Å². The lowest BCUT2D eigenvalue weighted by Gasteiger charge is -2.26. The predicted molar refractivity (Wildman–Crippen MR) is 111 cm³/mol. The minimum atomic E-state index is -0.136. The quantitative estimate of drug-likeness (QED) is 0.691. The highest BCUT2D eigenvalue weighted by molar-refractivity contribution is 6.01. The van der Waals surface area contributed by atoms with E-state index in [0.717, 1.165) is 47.1 Å². The van der Waals surface area contributed by atoms with Gasteiger partial charge in [-0.1, -0.05) is 30.3 Å². The van der Waals surface area contributed by atoms with Crippen LogP contribution in [0.5, 0.6) is 17.2 Å². The largest absolute Gasteiger partial charge is 0.507 e. The summed E-state index contributed by atoms with van der Waals surface area (Å²) >= 11 is 0. The van der Waals surface area contributed by atoms with Crippen molar-refractivity contribution < 1.29 is 19.4 Å². The van der Waals surface area contributed by atoms with Crippen LogP contribution in [0.1, 0.15) is 41.2 Å². The fourth-order valence-electron chi connectivity index (χ4n) is 4.30. The molecule has 0 aliphatic carbocycles. The second kappa shape index (κ2) is 7.32. The molecule has 3 aromatic rings. The van der Waals surface area contributed by atoms with Gasteiger partial charge in [0.25, 0.3) is 5.91 Å². The number of amides is 1. The van der Waals surface area contributed by atoms with E-state index in [1.807, 2.05) is 47.4 Å². The summed E-state index contributed by atoms with van der Waals surface area (Å²) in [6.07, 6.45) is 2.68. The normalized spacial score (nSPS) is 18.6. The molecule has 2 aliphatic heterocycles. The van der Waals surface area contributed by atoms with E-state index in [0.29, 0.717) is 25.3 Å². The van der Waals surface area contributed by atoms with Gasteiger partial charge < -0.3 is 19.5 Å². The molecule has 29 heavy (non-hydrogen) atoms. The maximum atomic E-state index is 13.3. The van der Waals surface area contributed by atoms with Crippen molar-refractivity contribution in [3.63, 3.8) is 0 Å². The van der Waals surface area contributed by atoms with Crippen LogP contribution in [0.25, 0.3) is 10.8 Å². The van der Waals surface area contributed by atoms with E-state index in [1.54, 1.807) is 12.1 Å². The van der Waals surface area contributed by atoms with Gasteiger partial charge in [0.1, 0.15) is 5.75 Å². The van der Waals surface area contributed by atoms with Crippen LogP contribution in [-0.4, -0.2) is 35.7 Å². The number of fused-ring (bicyclic) bond motifs is 2. The van der Waals surface area contributed by atoms with Gasteiger partial charge >= 0.3 is 0 Å². The second-order valence-corrected chi connectivity index (χ2v) is 7.63. The first kappa shape index (κ1) is 17.9. The zero-order chi connectivity index (χ0) is 19.8. The van der Waals surface area contributed by atoms with Crippen LogP contribution in [0.15, 0.2) is 54.6 Å². The first-order valence-corrected chi connectivity index (χ1v) is 10.1. The van der Waals surface area contributed by atoms with Gasteiger partial charge in [0, 0.05) is 13.0 Å². The first-order chi connectivity index (χ1) is 14.2. The molecule has 5 heteroatoms. The van der Waals surface area contributed by atoms with Crippen LogP contribution in [0.3, 0.4) is 0 Å². The van der Waals surface area contributed by atoms with Gasteiger partial charge in [-0.05, 0) is 53.4 Å². The summed E-state index contributed by atoms with van der Waals surface area (Å²) in [4.78, 5) is 15.2. The molecule has 5 rings (SSSR count). The third-order valence-corrected chi connectivity index (χ3v) is 5.76. The van der Waals surface area contributed by atoms with Crippen molar-refractivity contribution in [3.05, 3.63) is 65.7 Å². The molecule has 0 unspecified atom stereocenters. The highest BCUT2D eigenvalue weighted by Crippen LogP contribution is 2.39. The number of carbonyl (C=O) groups excluding carboxylic acids is 1. The Morgan fingerprint density at radius 2 is 1.69 bits per heavy atom. The van der Waals surface area contributed by atoms with E-state index in [4.69, 9.17) is 9.47 Å². The molecule has 0 bridgehead atoms. The van der Waals surface area contributed by atoms with Gasteiger partial charge in [-0.15, -0.1) is 0 Å². The minimum Gasteiger partial charge on any atom is -0.507 e. The zero-order valence-corrected chi connectivity index (χ0v) is 16.1. The molecule has 2 aliphatic rings. The minimum absolute atomic E-state index is 0.0259. The molecule has 1 fully saturated rings. The smallest absolute Gasteiger partial charge is 0.258 e. The number of aromatic hydroxyl groups is 1. The maximum absolute atomic E-state index is 13.3. The predicted octanol–water partition coefficient (Wildman–Crippen LogP) is 4.68. The Morgan fingerprint density at radius 1 is 0.931 bits per heavy atom. The standard InChI is InChI=1S/C24H23NO4/c26-21-14-17-6-2-1-5-16(17)13-19(21)24(27)25-10-3-7-20(25)18-8-9-22-23(15-18)29-12-4-11-28-22/h1-2,5-6,8-9,13-15,20,26H,3-4,7,10-12H2/t20-/m0/s1. The Hall–Kier alpha value is -3.21. The van der Waals surface area contributed by atoms with Crippen LogP contribution in [-0.2, 0) is 0 Å². The van der Waals surface area contributed by atoms with Crippen LogP contribution in [0.2, 0.25) is 0 Å². The average molecular weight is 389 g/mol. The lowest BCUT2D eigenvalue weighted by molar-refractivity contribution is 0.0732. The Labute approximate surface area is 169 Å². The summed E-state index contributed by atoms with van der Waals surface area (Å²) in [5.74, 6) is 1.39. The van der Waals surface area contributed by atoms with Gasteiger partial charge in [0.05, 0.1) is 24.8 Å². The molecular formula is C24H23NO4. The molecule has 0 spiro atoms. The fraction of sp³-hybridized carbons (Fsp3) is 0.292. The van der Waals surface area contributed by atoms with Crippen LogP contribution in [0.4, 0.5) is 0 Å². The number of hydrogen-bond donors (Lipinski definition) is 1. The van der Waals surface area contributed by atoms with E-state index in [1.165, 1.54) is 0 Å². The molecule has 148 valence electrons. The summed E-state index contributed by atoms with van der Waals surface area (Å²) in [5.41, 5.74) is 1.39. The second-order valence-electron chi connectivity index (χ2n) is 7.63. The molecule has 0 saturated carbocycles. The molecule has 0 aromatic heterocycles. The van der Waals surface area contributed by atoms with Gasteiger partial charge in [0.2, 0.25) is 0 Å². The molecule has 0 radical (unpaired) electrons. The molecule has 1 amide bonds. The number of hydrogen-bond acceptors (Lipinski definition) is 4. The first-order valence-electron chi connectivity index (χ1n) is 10.1. The number of likely N-dealkylation sites (tertiary alicyclic amines) is 1. The van der Waals surface area contributed by atoms with Crippen molar-refractivity contribution in [2.75, 3.05) is 19.8 Å². The third-order valence-electron chi connectivity index (χ3n) is 5.76. The Morgan fingerprint density at radius 3 is 2.52 bits per heavy atom. The van der Waals surface area contributed by atoms with Crippen LogP contribution in [0, 0.1) is 0 Å². The van der Waals surface area contributed by atoms with Crippen molar-refractivity contribution in [1.82, 2.24) is 4.90 Å². The van der Waals surface area contributed by atoms with Crippen molar-refractivity contribution in [3.8, 4) is 17.2 Å². The van der Waals surface area contributed by atoms with Gasteiger partial charge in [-0.3, -0.25) is 4.79 Å². The summed E-state index contributed by atoms with van der Waals surface area (Å²) < 4.78 is 11.6. The van der Waals surface area contributed by atoms with Gasteiger partial charge in [-0.25, -0.2) is 0 Å². The SMILES string of the molecule is O=C(c1cc2ccccc2cc1O)N1CCC[C@H]1c1ccc2c(c1)OCCCO2. The van der Waals surface area contributed by atoms with Crippen molar-refractivity contribution >= 4 is 16.7 Å². The Bertz CT molecular complexity index is 1080. The molecule has 3 aromatic carbocycles. The Kier molecular flexibility index (Phi) is 4.51. The van der Waals surface area contributed by atoms with Crippen LogP contribution < -0.4 is 9.47 Å². The van der Waals surface area contributed by atoms with Crippen molar-refractivity contribution in [2.24, 2.45) is 0 Å². The topological polar surface area (TPSA) is 59.0 Å². The summed E-state index contributed by atoms with van der Waals surface area (Å²) in [7, 11) is 0. The number of phenolic OH excluding ortho intramolecular Hbond substituents is 1. The summed E-state index contributed by atoms with van der Waals surface area (Å²) in [5, 5.41) is 12.4. The fourth-order valence-corrected chi connectivity index (χ4v) is 4.30. The summed E-state index contributed by atoms with van der Waals surface area (Å²) in [6.45, 7) is 1.96. The van der Waals surface area contributed by atoms with Crippen molar-refractivity contribution in [2.45, 2.75) is 25.3 Å². The van der Waals surface area contributed by atoms with E-state index < -0.39 is 0 Å². The summed E-state index contributed by atoms with van der Waals surface area (Å²) in [6, 6.07) is 17.1. The van der Waals surface area contributed by atoms with E-state index in [-0.39, 0.29) is 17.7 Å². The van der Waals surface area contributed by atoms with Crippen molar-refractivity contribution in [1.29, 1.82) is 0 Å². The average Bonchev–Trinajstić information content (AvgIpc) is 3.11. The zero-order valence-electron chi connectivity index (χ0n) is 16.1. The molecule has 1 N–H and O–H groups in total. The van der Waals surface area contributed by atoms with Gasteiger partial charge in [0.15, 0.2) is 11.5 Å². The molecular weight excluding hydrogens is 366 g/mol.